The molecular formula is C34H40N4O4. The van der Waals surface area contributed by atoms with Crippen molar-refractivity contribution in [1.29, 1.82) is 0 Å². The van der Waals surface area contributed by atoms with Crippen LogP contribution in [0.5, 0.6) is 5.75 Å². The van der Waals surface area contributed by atoms with Crippen molar-refractivity contribution in [1.82, 2.24) is 20.9 Å². The van der Waals surface area contributed by atoms with Crippen molar-refractivity contribution >= 4 is 23.8 Å². The molecule has 4 atom stereocenters. The molecule has 3 aromatic carbocycles. The van der Waals surface area contributed by atoms with Gasteiger partial charge >= 0.3 is 0 Å². The van der Waals surface area contributed by atoms with Gasteiger partial charge in [0, 0.05) is 12.6 Å². The number of nitrogens with one attached hydrogen (secondary N) is 3. The Morgan fingerprint density at radius 2 is 1.50 bits per heavy atom. The molecule has 0 radical (unpaired) electrons. The number of hydrogen-bond donors (Lipinski definition) is 3. The van der Waals surface area contributed by atoms with E-state index in [2.05, 4.69) is 16.0 Å². The van der Waals surface area contributed by atoms with E-state index in [9.17, 15) is 14.4 Å². The van der Waals surface area contributed by atoms with E-state index in [-0.39, 0.29) is 24.2 Å². The van der Waals surface area contributed by atoms with E-state index in [0.717, 1.165) is 16.7 Å². The Kier molecular flexibility index (Phi) is 10.5. The van der Waals surface area contributed by atoms with Gasteiger partial charge in [-0.1, -0.05) is 86.6 Å². The van der Waals surface area contributed by atoms with E-state index < -0.39 is 30.1 Å². The highest BCUT2D eigenvalue weighted by Gasteiger charge is 2.37. The first kappa shape index (κ1) is 30.5. The lowest BCUT2D eigenvalue weighted by atomic mass is 9.96. The highest BCUT2D eigenvalue weighted by molar-refractivity contribution is 5.94. The minimum absolute atomic E-state index is 0.151. The molecule has 3 amide bonds. The quantitative estimate of drug-likeness (QED) is 0.386. The topological polar surface area (TPSA) is 99.8 Å². The molecule has 0 unspecified atom stereocenters. The number of carbonyl (C=O) groups excluding carboxylic acids is 3. The molecule has 0 aliphatic carbocycles. The smallest absolute Gasteiger partial charge is 0.247 e. The number of carbonyl (C=O) groups is 3. The van der Waals surface area contributed by atoms with Crippen LogP contribution in [-0.4, -0.2) is 60.9 Å². The molecule has 2 bridgehead atoms. The van der Waals surface area contributed by atoms with E-state index in [1.54, 1.807) is 12.3 Å². The summed E-state index contributed by atoms with van der Waals surface area (Å²) in [6, 6.07) is 24.1. The third-order valence-electron chi connectivity index (χ3n) is 7.33. The van der Waals surface area contributed by atoms with Crippen LogP contribution in [0.3, 0.4) is 0 Å². The minimum atomic E-state index is -1.07. The van der Waals surface area contributed by atoms with E-state index in [0.29, 0.717) is 12.2 Å². The number of hydrogen-bond acceptors (Lipinski definition) is 5. The van der Waals surface area contributed by atoms with E-state index in [1.165, 1.54) is 0 Å². The fraction of sp³-hybridized carbons (Fsp3) is 0.324. The van der Waals surface area contributed by atoms with Crippen molar-refractivity contribution in [3.63, 3.8) is 0 Å². The van der Waals surface area contributed by atoms with Crippen LogP contribution < -0.4 is 20.7 Å². The van der Waals surface area contributed by atoms with E-state index in [4.69, 9.17) is 4.74 Å². The van der Waals surface area contributed by atoms with Crippen LogP contribution in [0.4, 0.5) is 0 Å². The second kappa shape index (κ2) is 14.5. The van der Waals surface area contributed by atoms with Gasteiger partial charge in [0.05, 0.1) is 6.04 Å². The van der Waals surface area contributed by atoms with Crippen LogP contribution in [-0.2, 0) is 27.2 Å². The van der Waals surface area contributed by atoms with Crippen LogP contribution in [0.1, 0.15) is 30.5 Å². The molecule has 2 aliphatic heterocycles. The molecule has 42 heavy (non-hydrogen) atoms. The summed E-state index contributed by atoms with van der Waals surface area (Å²) in [4.78, 5) is 43.1. The number of benzene rings is 3. The molecule has 0 aromatic heterocycles. The molecule has 0 fully saturated rings. The van der Waals surface area contributed by atoms with Crippen molar-refractivity contribution < 1.29 is 19.1 Å². The predicted molar refractivity (Wildman–Crippen MR) is 165 cm³/mol. The Morgan fingerprint density at radius 3 is 2.10 bits per heavy atom. The molecule has 8 heteroatoms. The number of rotatable bonds is 8. The molecule has 3 N–H and O–H groups in total. The molecule has 0 saturated carbocycles. The van der Waals surface area contributed by atoms with Crippen molar-refractivity contribution in [2.75, 3.05) is 14.1 Å². The van der Waals surface area contributed by atoms with Gasteiger partial charge in [0.15, 0.2) is 0 Å². The normalized spacial score (nSPS) is 20.7. The average molecular weight is 569 g/mol. The third-order valence-corrected chi connectivity index (χ3v) is 7.33. The van der Waals surface area contributed by atoms with Gasteiger partial charge in [0.25, 0.3) is 0 Å². The highest BCUT2D eigenvalue weighted by Crippen LogP contribution is 2.21. The van der Waals surface area contributed by atoms with Crippen LogP contribution in [0.2, 0.25) is 0 Å². The number of ether oxygens (including phenoxy) is 1. The summed E-state index contributed by atoms with van der Waals surface area (Å²) < 4.78 is 6.38. The zero-order chi connectivity index (χ0) is 30.1. The summed E-state index contributed by atoms with van der Waals surface area (Å²) >= 11 is 0. The zero-order valence-electron chi connectivity index (χ0n) is 24.6. The molecule has 2 aliphatic rings. The van der Waals surface area contributed by atoms with Crippen molar-refractivity contribution in [3.05, 3.63) is 108 Å². The Balaban J connectivity index is 1.69. The maximum atomic E-state index is 14.1. The van der Waals surface area contributed by atoms with Gasteiger partial charge in [-0.15, -0.1) is 0 Å². The summed E-state index contributed by atoms with van der Waals surface area (Å²) in [5.41, 5.74) is 2.78. The van der Waals surface area contributed by atoms with Gasteiger partial charge in [-0.3, -0.25) is 19.3 Å². The van der Waals surface area contributed by atoms with Crippen LogP contribution >= 0.6 is 0 Å². The second-order valence-electron chi connectivity index (χ2n) is 11.1. The van der Waals surface area contributed by atoms with Gasteiger partial charge in [0.1, 0.15) is 23.9 Å². The SMILES string of the molecule is CC(C)[C@H]1Oc2ccc(cc2)/C=C/NC(=O)[C@H](Cc2ccccc2)NC(=O)[C@@H]1NC(=O)[C@@H](Cc1ccccc1)N(C)C. The van der Waals surface area contributed by atoms with Crippen LogP contribution in [0.25, 0.3) is 6.08 Å². The molecule has 220 valence electrons. The van der Waals surface area contributed by atoms with E-state index >= 15 is 0 Å². The predicted octanol–water partition coefficient (Wildman–Crippen LogP) is 3.58. The Labute approximate surface area is 248 Å². The number of likely N-dealkylation sites (N-methyl/N-ethyl adjacent to an activating group) is 1. The van der Waals surface area contributed by atoms with Gasteiger partial charge in [-0.25, -0.2) is 0 Å². The van der Waals surface area contributed by atoms with Gasteiger partial charge in [-0.2, -0.15) is 0 Å². The monoisotopic (exact) mass is 568 g/mol. The van der Waals surface area contributed by atoms with Gasteiger partial charge in [-0.05, 0) is 61.3 Å². The fourth-order valence-corrected chi connectivity index (χ4v) is 4.94. The Hall–Kier alpha value is -4.43. The summed E-state index contributed by atoms with van der Waals surface area (Å²) in [5, 5.41) is 8.74. The summed E-state index contributed by atoms with van der Waals surface area (Å²) in [6.45, 7) is 3.89. The molecule has 8 nitrogen and oxygen atoms in total. The van der Waals surface area contributed by atoms with Gasteiger partial charge in [0.2, 0.25) is 17.7 Å². The number of amides is 3. The highest BCUT2D eigenvalue weighted by atomic mass is 16.5. The van der Waals surface area contributed by atoms with Gasteiger partial charge < -0.3 is 20.7 Å². The standard InChI is InChI=1S/C34H40N4O4/c1-23(2)31-30(37-33(40)29(38(3)4)22-26-13-9-6-10-14-26)34(41)36-28(21-25-11-7-5-8-12-25)32(39)35-20-19-24-15-17-27(42-31)18-16-24/h5-20,23,28-31H,21-22H2,1-4H3,(H,35,39)(H,36,41)(H,37,40)/b20-19+/t28-,29+,30+,31+/m0/s1. The first-order valence-corrected chi connectivity index (χ1v) is 14.3. The van der Waals surface area contributed by atoms with Crippen LogP contribution in [0, 0.1) is 5.92 Å². The second-order valence-corrected chi connectivity index (χ2v) is 11.1. The molecule has 3 aromatic rings. The van der Waals surface area contributed by atoms with E-state index in [1.807, 2.05) is 118 Å². The number of nitrogens with zero attached hydrogens (tertiary/aromatic N) is 1. The fourth-order valence-electron chi connectivity index (χ4n) is 4.94. The molecular weight excluding hydrogens is 528 g/mol. The Morgan fingerprint density at radius 1 is 0.881 bits per heavy atom. The first-order valence-electron chi connectivity index (χ1n) is 14.3. The Bertz CT molecular complexity index is 1360. The average Bonchev–Trinajstić information content (AvgIpc) is 2.98. The minimum Gasteiger partial charge on any atom is -0.487 e. The first-order chi connectivity index (χ1) is 20.2. The van der Waals surface area contributed by atoms with Crippen LogP contribution in [0.15, 0.2) is 91.1 Å². The lowest BCUT2D eigenvalue weighted by Crippen LogP contribution is -2.62. The maximum Gasteiger partial charge on any atom is 0.247 e. The summed E-state index contributed by atoms with van der Waals surface area (Å²) in [6.07, 6.45) is 3.39. The third kappa shape index (κ3) is 8.30. The molecule has 2 heterocycles. The lowest BCUT2D eigenvalue weighted by molar-refractivity contribution is -0.136. The van der Waals surface area contributed by atoms with Crippen molar-refractivity contribution in [2.45, 2.75) is 50.9 Å². The lowest BCUT2D eigenvalue weighted by Gasteiger charge is -2.33. The zero-order valence-corrected chi connectivity index (χ0v) is 24.6. The largest absolute Gasteiger partial charge is 0.487 e. The molecule has 0 saturated heterocycles. The van der Waals surface area contributed by atoms with Crippen molar-refractivity contribution in [2.24, 2.45) is 5.92 Å². The summed E-state index contributed by atoms with van der Waals surface area (Å²) in [7, 11) is 3.68. The summed E-state index contributed by atoms with van der Waals surface area (Å²) in [5.74, 6) is -0.732. The number of fused-ring (bicyclic) bond motifs is 10. The molecule has 5 rings (SSSR count). The van der Waals surface area contributed by atoms with Crippen molar-refractivity contribution in [3.8, 4) is 5.75 Å². The molecule has 0 spiro atoms. The maximum absolute atomic E-state index is 14.1.